The molecule has 0 bridgehead atoms. The van der Waals surface area contributed by atoms with Gasteiger partial charge < -0.3 is 25.6 Å². The van der Waals surface area contributed by atoms with Crippen LogP contribution >= 0.6 is 0 Å². The van der Waals surface area contributed by atoms with Crippen LogP contribution < -0.4 is 20.9 Å². The maximum absolute atomic E-state index is 13.3. The van der Waals surface area contributed by atoms with Crippen LogP contribution in [0.25, 0.3) is 22.6 Å². The highest BCUT2D eigenvalue weighted by molar-refractivity contribution is 6.00. The van der Waals surface area contributed by atoms with Crippen LogP contribution in [0.1, 0.15) is 12.8 Å². The Labute approximate surface area is 225 Å². The largest absolute Gasteiger partial charge is 0.383 e. The minimum atomic E-state index is -0.456. The van der Waals surface area contributed by atoms with Crippen LogP contribution in [-0.4, -0.2) is 71.0 Å². The molecule has 2 aromatic heterocycles. The van der Waals surface area contributed by atoms with Gasteiger partial charge in [-0.05, 0) is 66.7 Å². The van der Waals surface area contributed by atoms with Crippen LogP contribution in [0.3, 0.4) is 0 Å². The second-order valence-corrected chi connectivity index (χ2v) is 9.15. The first-order valence-corrected chi connectivity index (χ1v) is 12.8. The Bertz CT molecular complexity index is 1380. The molecule has 12 heteroatoms. The molecule has 5 rings (SSSR count). The average molecular weight is 532 g/mol. The standard InChI is InChI=1S/C27H30FN9O2/c1-39-15-14-37(21-10-12-29-13-11-21)25-17-20(31-27(38)30-19-8-6-18(28)7-9-19)16-24(32-25)22-4-2-3-5-23(22)26-33-35-36-34-26/h2-9,16-17,21,29H,10-15H2,1H3,(H2,30,31,32,38)(H,33,34,35,36). The van der Waals surface area contributed by atoms with Crippen LogP contribution in [-0.2, 0) is 4.74 Å². The number of carbonyl (C=O) groups is 1. The number of pyridine rings is 1. The number of anilines is 3. The van der Waals surface area contributed by atoms with Gasteiger partial charge in [0.2, 0.25) is 0 Å². The van der Waals surface area contributed by atoms with Crippen molar-refractivity contribution in [3.8, 4) is 22.6 Å². The van der Waals surface area contributed by atoms with Gasteiger partial charge in [0.05, 0.1) is 12.3 Å². The number of piperidine rings is 1. The van der Waals surface area contributed by atoms with Gasteiger partial charge in [-0.2, -0.15) is 0 Å². The van der Waals surface area contributed by atoms with E-state index in [4.69, 9.17) is 9.72 Å². The Morgan fingerprint density at radius 3 is 2.51 bits per heavy atom. The van der Waals surface area contributed by atoms with E-state index >= 15 is 0 Å². The molecule has 202 valence electrons. The summed E-state index contributed by atoms with van der Waals surface area (Å²) >= 11 is 0. The summed E-state index contributed by atoms with van der Waals surface area (Å²) in [5, 5.41) is 23.4. The quantitative estimate of drug-likeness (QED) is 0.256. The number of aromatic nitrogens is 5. The van der Waals surface area contributed by atoms with Gasteiger partial charge in [-0.25, -0.2) is 19.3 Å². The number of benzene rings is 2. The minimum absolute atomic E-state index is 0.263. The van der Waals surface area contributed by atoms with E-state index in [1.165, 1.54) is 24.3 Å². The molecule has 1 fully saturated rings. The first-order valence-electron chi connectivity index (χ1n) is 12.8. The Morgan fingerprint density at radius 1 is 1.05 bits per heavy atom. The highest BCUT2D eigenvalue weighted by atomic mass is 19.1. The molecular weight excluding hydrogens is 501 g/mol. The number of tetrazole rings is 1. The molecule has 4 aromatic rings. The summed E-state index contributed by atoms with van der Waals surface area (Å²) in [7, 11) is 1.68. The number of hydrogen-bond acceptors (Lipinski definition) is 8. The third kappa shape index (κ3) is 6.54. The van der Waals surface area contributed by atoms with E-state index < -0.39 is 6.03 Å². The van der Waals surface area contributed by atoms with Gasteiger partial charge in [-0.1, -0.05) is 24.3 Å². The topological polar surface area (TPSA) is 133 Å². The molecule has 0 radical (unpaired) electrons. The second kappa shape index (κ2) is 12.4. The summed E-state index contributed by atoms with van der Waals surface area (Å²) < 4.78 is 18.7. The number of nitrogens with zero attached hydrogens (tertiary/aromatic N) is 5. The highest BCUT2D eigenvalue weighted by Crippen LogP contribution is 2.33. The van der Waals surface area contributed by atoms with Crippen LogP contribution in [0.4, 0.5) is 26.4 Å². The van der Waals surface area contributed by atoms with Crippen LogP contribution in [0.5, 0.6) is 0 Å². The summed E-state index contributed by atoms with van der Waals surface area (Å²) in [5.41, 5.74) is 3.25. The molecule has 39 heavy (non-hydrogen) atoms. The summed E-state index contributed by atoms with van der Waals surface area (Å²) in [6.07, 6.45) is 1.92. The molecule has 1 aliphatic rings. The zero-order valence-corrected chi connectivity index (χ0v) is 21.5. The molecule has 0 unspecified atom stereocenters. The summed E-state index contributed by atoms with van der Waals surface area (Å²) in [5.74, 6) is 0.856. The number of ether oxygens (including phenoxy) is 1. The molecule has 3 heterocycles. The number of nitrogens with one attached hydrogen (secondary N) is 4. The van der Waals surface area contributed by atoms with Crippen molar-refractivity contribution >= 4 is 23.2 Å². The van der Waals surface area contributed by atoms with Crippen molar-refractivity contribution in [1.29, 1.82) is 0 Å². The number of rotatable bonds is 9. The molecule has 1 aliphatic heterocycles. The lowest BCUT2D eigenvalue weighted by molar-refractivity contribution is 0.201. The smallest absolute Gasteiger partial charge is 0.323 e. The lowest BCUT2D eigenvalue weighted by Gasteiger charge is -2.36. The first-order chi connectivity index (χ1) is 19.1. The van der Waals surface area contributed by atoms with E-state index in [2.05, 4.69) is 41.5 Å². The van der Waals surface area contributed by atoms with Gasteiger partial charge in [0.15, 0.2) is 5.82 Å². The highest BCUT2D eigenvalue weighted by Gasteiger charge is 2.24. The van der Waals surface area contributed by atoms with Crippen LogP contribution in [0, 0.1) is 5.82 Å². The number of amides is 2. The zero-order chi connectivity index (χ0) is 27.0. The van der Waals surface area contributed by atoms with Crippen molar-refractivity contribution in [2.24, 2.45) is 0 Å². The van der Waals surface area contributed by atoms with E-state index in [0.717, 1.165) is 42.9 Å². The summed E-state index contributed by atoms with van der Waals surface area (Å²) in [4.78, 5) is 20.2. The van der Waals surface area contributed by atoms with E-state index in [1.807, 2.05) is 36.4 Å². The molecule has 2 amide bonds. The molecule has 0 atom stereocenters. The predicted molar refractivity (Wildman–Crippen MR) is 147 cm³/mol. The third-order valence-electron chi connectivity index (χ3n) is 6.56. The maximum Gasteiger partial charge on any atom is 0.323 e. The lowest BCUT2D eigenvalue weighted by atomic mass is 10.0. The van der Waals surface area contributed by atoms with Gasteiger partial charge in [-0.3, -0.25) is 0 Å². The number of halogens is 1. The first kappa shape index (κ1) is 26.2. The number of urea groups is 1. The number of hydrogen-bond donors (Lipinski definition) is 4. The Morgan fingerprint density at radius 2 is 1.79 bits per heavy atom. The molecule has 2 aromatic carbocycles. The van der Waals surface area contributed by atoms with Crippen molar-refractivity contribution < 1.29 is 13.9 Å². The fourth-order valence-corrected chi connectivity index (χ4v) is 4.68. The van der Waals surface area contributed by atoms with Gasteiger partial charge in [0.25, 0.3) is 0 Å². The second-order valence-electron chi connectivity index (χ2n) is 9.15. The van der Waals surface area contributed by atoms with Crippen molar-refractivity contribution in [1.82, 2.24) is 30.9 Å². The number of carbonyl (C=O) groups excluding carboxylic acids is 1. The molecule has 11 nitrogen and oxygen atoms in total. The predicted octanol–water partition coefficient (Wildman–Crippen LogP) is 3.92. The summed E-state index contributed by atoms with van der Waals surface area (Å²) in [6, 6.07) is 16.7. The third-order valence-corrected chi connectivity index (χ3v) is 6.56. The average Bonchev–Trinajstić information content (AvgIpc) is 3.50. The molecule has 0 spiro atoms. The van der Waals surface area contributed by atoms with Crippen molar-refractivity contribution in [3.63, 3.8) is 0 Å². The summed E-state index contributed by atoms with van der Waals surface area (Å²) in [6.45, 7) is 3.01. The fourth-order valence-electron chi connectivity index (χ4n) is 4.68. The fraction of sp³-hybridized carbons (Fsp3) is 0.296. The van der Waals surface area contributed by atoms with E-state index in [9.17, 15) is 9.18 Å². The Kier molecular flexibility index (Phi) is 8.34. The Hall–Kier alpha value is -4.42. The van der Waals surface area contributed by atoms with Crippen molar-refractivity contribution in [2.45, 2.75) is 18.9 Å². The Balaban J connectivity index is 1.53. The molecule has 0 saturated carbocycles. The van der Waals surface area contributed by atoms with Crippen LogP contribution in [0.2, 0.25) is 0 Å². The van der Waals surface area contributed by atoms with Gasteiger partial charge in [-0.15, -0.1) is 5.10 Å². The van der Waals surface area contributed by atoms with Crippen molar-refractivity contribution in [2.75, 3.05) is 48.9 Å². The number of H-pyrrole nitrogens is 1. The van der Waals surface area contributed by atoms with E-state index in [-0.39, 0.29) is 11.9 Å². The van der Waals surface area contributed by atoms with E-state index in [1.54, 1.807) is 7.11 Å². The van der Waals surface area contributed by atoms with Gasteiger partial charge in [0, 0.05) is 48.3 Å². The zero-order valence-electron chi connectivity index (χ0n) is 21.5. The molecule has 0 aliphatic carbocycles. The number of aromatic amines is 1. The lowest BCUT2D eigenvalue weighted by Crippen LogP contribution is -2.45. The minimum Gasteiger partial charge on any atom is -0.383 e. The monoisotopic (exact) mass is 531 g/mol. The van der Waals surface area contributed by atoms with E-state index in [0.29, 0.717) is 36.0 Å². The van der Waals surface area contributed by atoms with Crippen LogP contribution in [0.15, 0.2) is 60.7 Å². The normalized spacial score (nSPS) is 13.7. The SMILES string of the molecule is COCCN(c1cc(NC(=O)Nc2ccc(F)cc2)cc(-c2ccccc2-c2nnn[nH]2)n1)C1CCNCC1. The van der Waals surface area contributed by atoms with Gasteiger partial charge in [0.1, 0.15) is 11.6 Å². The van der Waals surface area contributed by atoms with Gasteiger partial charge >= 0.3 is 6.03 Å². The molecule has 1 saturated heterocycles. The molecule has 4 N–H and O–H groups in total. The molecular formula is C27H30FN9O2. The maximum atomic E-state index is 13.3. The number of methoxy groups -OCH3 is 1. The van der Waals surface area contributed by atoms with Crippen molar-refractivity contribution in [3.05, 3.63) is 66.5 Å².